The van der Waals surface area contributed by atoms with E-state index in [1.165, 1.54) is 32.8 Å². The SMILES string of the molecule is C.C=C(C)C(=O)OCCOC(OC)C(C)OCCOCC.C=C(C)C(=O)OCCO[CH+]CC(OCCOC(=O)C(=C)C)C(C)OCCOCC.C=COCCCl.C=COCCOC(=O)C(=C)C.C=COCCOCC.CCO.CCOCCOC(C)OC(=O)C(F)(F)F.CO.C[CH+]OCCOCC.O=C(O)C(F)(F)F. The number of carbonyl (C=O) groups is 6. The molecule has 652 valence electrons. The molecule has 5 unspecified atom stereocenters. The van der Waals surface area contributed by atoms with Gasteiger partial charge in [0.25, 0.3) is 0 Å². The predicted molar refractivity (Wildman–Crippen MR) is 402 cm³/mol. The third kappa shape index (κ3) is 112. The quantitative estimate of drug-likeness (QED) is 0.00586. The lowest BCUT2D eigenvalue weighted by Gasteiger charge is -2.23. The van der Waals surface area contributed by atoms with E-state index in [0.717, 1.165) is 20.3 Å². The fraction of sp³-hybridized carbons (Fsp3) is 0.699. The highest BCUT2D eigenvalue weighted by molar-refractivity contribution is 6.18. The summed E-state index contributed by atoms with van der Waals surface area (Å²) >= 11 is 5.21. The standard InChI is InChI=1S/C21H35O8.C14H26O6.C8H13F3O4.C8H12O3.C6H13O2.C6H12O2.C4H7ClO.C2HF3O2.C2H6O.CH4O.CH4/c1-7-24-10-12-26-18(6)19(27-14-15-29-21(23)17(4)5)8-9-25-11-13-28-20(22)16(2)3;1-6-17-7-8-18-12(4)14(16-5)20-10-9-19-13(15)11(2)3;1-3-13-4-5-14-6(2)15-7(12)8(9,10)11;1-4-10-5-6-11-8(9)7(2)3;2*1-3-7-5-6-8-4-2;1-2-6-4-3-5;3-2(4,5)1(6)7;1-2-3;1-2;/h9,18-19H,2,4,7-8,10-15H2,1,3,5-6H3;12,14H,2,6-10H2,1,3-5H3;6H,3-5H2,1-2H3;4H,1-2,5-6H2,3H3;3H,4-6H2,1-2H3;3H,1,4-6H2,2H3;2H,1,3-4H2;(H,6,7);3H,2H2,1H3;2H,1H3;1H4/q+1;;;;+1;;;;;;. The summed E-state index contributed by atoms with van der Waals surface area (Å²) in [6.07, 6.45) is -8.06. The number of aliphatic hydroxyl groups excluding tert-OH is 2. The lowest BCUT2D eigenvalue weighted by molar-refractivity contribution is -0.224. The highest BCUT2D eigenvalue weighted by atomic mass is 35.5. The van der Waals surface area contributed by atoms with Crippen molar-refractivity contribution in [1.29, 1.82) is 0 Å². The molecule has 0 aromatic rings. The van der Waals surface area contributed by atoms with Gasteiger partial charge in [0.15, 0.2) is 6.29 Å². The van der Waals surface area contributed by atoms with E-state index in [2.05, 4.69) is 55.5 Å². The van der Waals surface area contributed by atoms with Gasteiger partial charge < -0.3 is 105 Å². The van der Waals surface area contributed by atoms with Crippen molar-refractivity contribution >= 4 is 47.4 Å². The molecular formula is C73H133ClF6O30+2. The number of carboxylic acid groups (broad SMARTS) is 1. The summed E-state index contributed by atoms with van der Waals surface area (Å²) in [5, 5.41) is 21.7. The van der Waals surface area contributed by atoms with Crippen LogP contribution in [0.3, 0.4) is 0 Å². The molecule has 0 bridgehead atoms. The lowest BCUT2D eigenvalue weighted by atomic mass is 10.1. The first kappa shape index (κ1) is 127. The molecule has 0 aliphatic rings. The van der Waals surface area contributed by atoms with E-state index in [9.17, 15) is 50.3 Å². The Kier molecular flexibility index (Phi) is 114. The van der Waals surface area contributed by atoms with Crippen LogP contribution in [-0.4, -0.2) is 280 Å². The van der Waals surface area contributed by atoms with Gasteiger partial charge in [0.05, 0.1) is 96.8 Å². The van der Waals surface area contributed by atoms with Crippen molar-refractivity contribution < 1.29 is 170 Å². The second-order valence-corrected chi connectivity index (χ2v) is 19.7. The molecule has 0 aliphatic carbocycles. The molecule has 110 heavy (non-hydrogen) atoms. The third-order valence-electron chi connectivity index (χ3n) is 10.1. The van der Waals surface area contributed by atoms with Gasteiger partial charge in [0, 0.05) is 76.2 Å². The molecule has 0 aromatic heterocycles. The first-order chi connectivity index (χ1) is 51.5. The number of carboxylic acids is 1. The maximum absolute atomic E-state index is 11.7. The van der Waals surface area contributed by atoms with Crippen molar-refractivity contribution in [2.75, 3.05) is 185 Å². The zero-order chi connectivity index (χ0) is 86.1. The predicted octanol–water partition coefficient (Wildman–Crippen LogP) is 11.6. The van der Waals surface area contributed by atoms with Crippen LogP contribution in [0.5, 0.6) is 0 Å². The number of alkyl halides is 7. The second kappa shape index (κ2) is 98.5. The van der Waals surface area contributed by atoms with Crippen LogP contribution in [0.1, 0.15) is 111 Å². The van der Waals surface area contributed by atoms with E-state index in [1.54, 1.807) is 54.8 Å². The fourth-order valence-corrected chi connectivity index (χ4v) is 5.26. The van der Waals surface area contributed by atoms with Gasteiger partial charge in [-0.3, -0.25) is 0 Å². The molecule has 37 heteroatoms. The van der Waals surface area contributed by atoms with Crippen molar-refractivity contribution in [2.24, 2.45) is 0 Å². The Labute approximate surface area is 654 Å². The summed E-state index contributed by atoms with van der Waals surface area (Å²) < 4.78 is 172. The van der Waals surface area contributed by atoms with Gasteiger partial charge in [0.1, 0.15) is 85.0 Å². The van der Waals surface area contributed by atoms with E-state index in [-0.39, 0.29) is 91.8 Å². The number of halogens is 7. The van der Waals surface area contributed by atoms with Crippen LogP contribution in [0.4, 0.5) is 26.3 Å². The molecule has 5 atom stereocenters. The van der Waals surface area contributed by atoms with Crippen LogP contribution < -0.4 is 0 Å². The van der Waals surface area contributed by atoms with E-state index in [0.29, 0.717) is 120 Å². The number of rotatable bonds is 54. The Hall–Kier alpha value is -6.59. The molecule has 30 nitrogen and oxygen atoms in total. The molecular weight excluding hydrogens is 1510 g/mol. The highest BCUT2D eigenvalue weighted by Gasteiger charge is 2.42. The van der Waals surface area contributed by atoms with Crippen molar-refractivity contribution in [3.63, 3.8) is 0 Å². The number of esters is 5. The Morgan fingerprint density at radius 1 is 0.464 bits per heavy atom. The van der Waals surface area contributed by atoms with E-state index in [4.69, 9.17) is 122 Å². The Bertz CT molecular complexity index is 2160. The van der Waals surface area contributed by atoms with Crippen molar-refractivity contribution in [3.05, 3.63) is 100 Å². The number of methoxy groups -OCH3 is 1. The molecule has 0 rings (SSSR count). The van der Waals surface area contributed by atoms with Gasteiger partial charge >= 0.3 is 48.2 Å². The van der Waals surface area contributed by atoms with Gasteiger partial charge in [-0.05, 0) is 90.0 Å². The van der Waals surface area contributed by atoms with Crippen molar-refractivity contribution in [3.8, 4) is 0 Å². The Morgan fingerprint density at radius 3 is 1.08 bits per heavy atom. The van der Waals surface area contributed by atoms with Gasteiger partial charge in [0.2, 0.25) is 19.5 Å². The van der Waals surface area contributed by atoms with Gasteiger partial charge in [-0.15, -0.1) is 11.6 Å². The molecule has 0 radical (unpaired) electrons. The Morgan fingerprint density at radius 2 is 0.764 bits per heavy atom. The van der Waals surface area contributed by atoms with Gasteiger partial charge in [-0.2, -0.15) is 35.8 Å². The summed E-state index contributed by atoms with van der Waals surface area (Å²) in [4.78, 5) is 63.7. The summed E-state index contributed by atoms with van der Waals surface area (Å²) in [6.45, 7) is 62.2. The average Bonchev–Trinajstić information content (AvgIpc) is 0.926. The summed E-state index contributed by atoms with van der Waals surface area (Å²) in [7, 11) is 2.53. The molecule has 0 saturated carbocycles. The van der Waals surface area contributed by atoms with E-state index in [1.807, 2.05) is 48.5 Å². The topological polar surface area (TPSA) is 357 Å². The van der Waals surface area contributed by atoms with Crippen molar-refractivity contribution in [1.82, 2.24) is 0 Å². The van der Waals surface area contributed by atoms with Crippen LogP contribution in [0.25, 0.3) is 0 Å². The monoisotopic (exact) mass is 1640 g/mol. The van der Waals surface area contributed by atoms with Crippen LogP contribution in [0, 0.1) is 13.2 Å². The number of ether oxygens (including phenoxy) is 21. The van der Waals surface area contributed by atoms with Crippen LogP contribution in [-0.2, 0) is 128 Å². The smallest absolute Gasteiger partial charge is 0.491 e. The number of hydrogen-bond acceptors (Lipinski definition) is 29. The minimum absolute atomic E-state index is 0. The molecule has 0 fully saturated rings. The van der Waals surface area contributed by atoms with Crippen LogP contribution >= 0.6 is 11.6 Å². The van der Waals surface area contributed by atoms with Crippen molar-refractivity contribution in [2.45, 2.75) is 154 Å². The first-order valence-corrected chi connectivity index (χ1v) is 34.5. The van der Waals surface area contributed by atoms with Crippen LogP contribution in [0.15, 0.2) is 87.1 Å². The first-order valence-electron chi connectivity index (χ1n) is 34.0. The largest absolute Gasteiger partial charge is 0.501 e. The summed E-state index contributed by atoms with van der Waals surface area (Å²) in [6, 6.07) is 0. The van der Waals surface area contributed by atoms with Gasteiger partial charge in [-0.1, -0.05) is 53.5 Å². The maximum Gasteiger partial charge on any atom is 0.491 e. The fourth-order valence-electron chi connectivity index (χ4n) is 5.17. The normalized spacial score (nSPS) is 11.2. The molecule has 0 spiro atoms. The average molecular weight is 1640 g/mol. The molecule has 0 aliphatic heterocycles. The lowest BCUT2D eigenvalue weighted by Crippen LogP contribution is -2.33. The van der Waals surface area contributed by atoms with Crippen LogP contribution in [0.2, 0.25) is 0 Å². The third-order valence-corrected chi connectivity index (χ3v) is 10.2. The molecule has 0 aromatic carbocycles. The number of carbonyl (C=O) groups excluding carboxylic acids is 5. The summed E-state index contributed by atoms with van der Waals surface area (Å²) in [5.74, 6) is -6.20. The van der Waals surface area contributed by atoms with E-state index < -0.39 is 60.7 Å². The number of aliphatic hydroxyl groups is 2. The second-order valence-electron chi connectivity index (χ2n) is 19.3. The molecule has 0 saturated heterocycles. The molecule has 0 amide bonds. The number of aliphatic carboxylic acids is 1. The summed E-state index contributed by atoms with van der Waals surface area (Å²) in [5.41, 5.74) is 1.43. The number of hydrogen-bond donors (Lipinski definition) is 3. The molecule has 3 N–H and O–H groups in total. The maximum atomic E-state index is 11.7. The highest BCUT2D eigenvalue weighted by Crippen LogP contribution is 2.18. The Balaban J connectivity index is -0.000000118. The minimum Gasteiger partial charge on any atom is -0.501 e. The zero-order valence-corrected chi connectivity index (χ0v) is 67.6. The zero-order valence-electron chi connectivity index (χ0n) is 66.8. The molecule has 0 heterocycles. The van der Waals surface area contributed by atoms with Gasteiger partial charge in [-0.25, -0.2) is 28.8 Å². The minimum atomic E-state index is -5.08. The van der Waals surface area contributed by atoms with E-state index >= 15 is 0 Å².